The molecule has 2 aromatic carbocycles. The highest BCUT2D eigenvalue weighted by atomic mass is 16.5. The van der Waals surface area contributed by atoms with Crippen LogP contribution in [0.1, 0.15) is 29.9 Å². The SMILES string of the molecule is CN(C)CCCOc1ccc2c(c1)C(c1ccccc1)CC(=O)N2. The molecular formula is C20H24N2O2. The Bertz CT molecular complexity index is 698. The molecule has 0 fully saturated rings. The molecule has 126 valence electrons. The van der Waals surface area contributed by atoms with E-state index in [1.807, 2.05) is 30.3 Å². The molecule has 1 unspecified atom stereocenters. The summed E-state index contributed by atoms with van der Waals surface area (Å²) < 4.78 is 5.89. The highest BCUT2D eigenvalue weighted by Crippen LogP contribution is 2.38. The van der Waals surface area contributed by atoms with Crippen LogP contribution in [0.4, 0.5) is 5.69 Å². The summed E-state index contributed by atoms with van der Waals surface area (Å²) in [7, 11) is 4.12. The molecule has 3 rings (SSSR count). The Balaban J connectivity index is 1.79. The Hall–Kier alpha value is -2.33. The first-order chi connectivity index (χ1) is 11.6. The number of amides is 1. The summed E-state index contributed by atoms with van der Waals surface area (Å²) in [6.07, 6.45) is 1.46. The fraction of sp³-hybridized carbons (Fsp3) is 0.350. The molecule has 1 aliphatic heterocycles. The number of nitrogens with zero attached hydrogens (tertiary/aromatic N) is 1. The van der Waals surface area contributed by atoms with E-state index in [1.54, 1.807) is 0 Å². The summed E-state index contributed by atoms with van der Waals surface area (Å²) in [5, 5.41) is 2.97. The summed E-state index contributed by atoms with van der Waals surface area (Å²) in [6, 6.07) is 16.1. The van der Waals surface area contributed by atoms with Crippen molar-refractivity contribution in [1.29, 1.82) is 0 Å². The fourth-order valence-electron chi connectivity index (χ4n) is 3.08. The molecule has 1 N–H and O–H groups in total. The highest BCUT2D eigenvalue weighted by Gasteiger charge is 2.26. The molecule has 4 heteroatoms. The zero-order valence-electron chi connectivity index (χ0n) is 14.3. The third-order valence-corrected chi connectivity index (χ3v) is 4.28. The minimum Gasteiger partial charge on any atom is -0.494 e. The number of nitrogens with one attached hydrogen (secondary N) is 1. The van der Waals surface area contributed by atoms with Gasteiger partial charge in [0.25, 0.3) is 0 Å². The average molecular weight is 324 g/mol. The molecule has 1 heterocycles. The van der Waals surface area contributed by atoms with E-state index in [0.717, 1.165) is 30.0 Å². The molecule has 0 aliphatic carbocycles. The van der Waals surface area contributed by atoms with Crippen molar-refractivity contribution in [1.82, 2.24) is 4.90 Å². The molecule has 0 saturated carbocycles. The van der Waals surface area contributed by atoms with Crippen molar-refractivity contribution in [3.8, 4) is 5.75 Å². The van der Waals surface area contributed by atoms with E-state index in [2.05, 4.69) is 42.5 Å². The molecule has 2 aromatic rings. The normalized spacial score (nSPS) is 16.6. The van der Waals surface area contributed by atoms with Crippen LogP contribution < -0.4 is 10.1 Å². The van der Waals surface area contributed by atoms with Gasteiger partial charge in [0.2, 0.25) is 5.91 Å². The van der Waals surface area contributed by atoms with Gasteiger partial charge < -0.3 is 15.0 Å². The van der Waals surface area contributed by atoms with Crippen LogP contribution >= 0.6 is 0 Å². The van der Waals surface area contributed by atoms with Crippen LogP contribution in [0.3, 0.4) is 0 Å². The van der Waals surface area contributed by atoms with Crippen LogP contribution in [-0.2, 0) is 4.79 Å². The second kappa shape index (κ2) is 7.49. The molecule has 0 saturated heterocycles. The van der Waals surface area contributed by atoms with Crippen molar-refractivity contribution in [2.45, 2.75) is 18.8 Å². The first-order valence-electron chi connectivity index (χ1n) is 8.40. The summed E-state index contributed by atoms with van der Waals surface area (Å²) in [4.78, 5) is 14.2. The van der Waals surface area contributed by atoms with Crippen molar-refractivity contribution < 1.29 is 9.53 Å². The molecule has 1 amide bonds. The maximum absolute atomic E-state index is 12.0. The van der Waals surface area contributed by atoms with Gasteiger partial charge in [-0.05, 0) is 49.8 Å². The molecule has 0 aromatic heterocycles. The molecule has 24 heavy (non-hydrogen) atoms. The Morgan fingerprint density at radius 3 is 2.71 bits per heavy atom. The number of carbonyl (C=O) groups is 1. The van der Waals surface area contributed by atoms with E-state index in [1.165, 1.54) is 5.56 Å². The van der Waals surface area contributed by atoms with E-state index >= 15 is 0 Å². The predicted molar refractivity (Wildman–Crippen MR) is 96.6 cm³/mol. The van der Waals surface area contributed by atoms with Gasteiger partial charge in [0.05, 0.1) is 6.61 Å². The maximum atomic E-state index is 12.0. The minimum absolute atomic E-state index is 0.0657. The third kappa shape index (κ3) is 3.95. The number of rotatable bonds is 6. The predicted octanol–water partition coefficient (Wildman–Crippen LogP) is 3.49. The number of fused-ring (bicyclic) bond motifs is 1. The largest absolute Gasteiger partial charge is 0.494 e. The van der Waals surface area contributed by atoms with Gasteiger partial charge in [-0.3, -0.25) is 4.79 Å². The molecule has 1 atom stereocenters. The van der Waals surface area contributed by atoms with Gasteiger partial charge in [0.1, 0.15) is 5.75 Å². The topological polar surface area (TPSA) is 41.6 Å². The molecule has 1 aliphatic rings. The van der Waals surface area contributed by atoms with Crippen molar-refractivity contribution in [2.75, 3.05) is 32.6 Å². The Morgan fingerprint density at radius 2 is 1.96 bits per heavy atom. The summed E-state index contributed by atoms with van der Waals surface area (Å²) >= 11 is 0. The number of hydrogen-bond donors (Lipinski definition) is 1. The van der Waals surface area contributed by atoms with Crippen LogP contribution in [0, 0.1) is 0 Å². The van der Waals surface area contributed by atoms with E-state index in [4.69, 9.17) is 4.74 Å². The summed E-state index contributed by atoms with van der Waals surface area (Å²) in [5.41, 5.74) is 3.19. The van der Waals surface area contributed by atoms with E-state index in [0.29, 0.717) is 13.0 Å². The van der Waals surface area contributed by atoms with Gasteiger partial charge >= 0.3 is 0 Å². The molecular weight excluding hydrogens is 300 g/mol. The highest BCUT2D eigenvalue weighted by molar-refractivity contribution is 5.95. The smallest absolute Gasteiger partial charge is 0.225 e. The molecule has 0 bridgehead atoms. The van der Waals surface area contributed by atoms with Crippen LogP contribution in [0.15, 0.2) is 48.5 Å². The van der Waals surface area contributed by atoms with Crippen LogP contribution in [0.2, 0.25) is 0 Å². The quantitative estimate of drug-likeness (QED) is 0.827. The lowest BCUT2D eigenvalue weighted by molar-refractivity contribution is -0.116. The van der Waals surface area contributed by atoms with Gasteiger partial charge in [0, 0.05) is 24.6 Å². The van der Waals surface area contributed by atoms with Crippen LogP contribution in [0.25, 0.3) is 0 Å². The molecule has 0 spiro atoms. The van der Waals surface area contributed by atoms with Crippen molar-refractivity contribution in [3.63, 3.8) is 0 Å². The average Bonchev–Trinajstić information content (AvgIpc) is 2.59. The lowest BCUT2D eigenvalue weighted by Gasteiger charge is -2.26. The Morgan fingerprint density at radius 1 is 1.17 bits per heavy atom. The number of hydrogen-bond acceptors (Lipinski definition) is 3. The van der Waals surface area contributed by atoms with E-state index in [-0.39, 0.29) is 11.8 Å². The second-order valence-corrected chi connectivity index (χ2v) is 6.47. The standard InChI is InChI=1S/C20H24N2O2/c1-22(2)11-6-12-24-16-9-10-19-18(13-16)17(14-20(23)21-19)15-7-4-3-5-8-15/h3-5,7-10,13,17H,6,11-12,14H2,1-2H3,(H,21,23). The van der Waals surface area contributed by atoms with Gasteiger partial charge in [-0.2, -0.15) is 0 Å². The fourth-order valence-corrected chi connectivity index (χ4v) is 3.08. The van der Waals surface area contributed by atoms with Crippen molar-refractivity contribution >= 4 is 11.6 Å². The van der Waals surface area contributed by atoms with E-state index < -0.39 is 0 Å². The van der Waals surface area contributed by atoms with Gasteiger partial charge in [-0.1, -0.05) is 30.3 Å². The number of carbonyl (C=O) groups excluding carboxylic acids is 1. The molecule has 4 nitrogen and oxygen atoms in total. The van der Waals surface area contributed by atoms with Gasteiger partial charge in [0.15, 0.2) is 0 Å². The van der Waals surface area contributed by atoms with Crippen LogP contribution in [0.5, 0.6) is 5.75 Å². The summed E-state index contributed by atoms with van der Waals surface area (Å²) in [6.45, 7) is 1.70. The number of anilines is 1. The second-order valence-electron chi connectivity index (χ2n) is 6.47. The lowest BCUT2D eigenvalue weighted by atomic mass is 9.85. The third-order valence-electron chi connectivity index (χ3n) is 4.28. The van der Waals surface area contributed by atoms with Gasteiger partial charge in [-0.25, -0.2) is 0 Å². The zero-order valence-corrected chi connectivity index (χ0v) is 14.3. The number of ether oxygens (including phenoxy) is 1. The van der Waals surface area contributed by atoms with Gasteiger partial charge in [-0.15, -0.1) is 0 Å². The summed E-state index contributed by atoms with van der Waals surface area (Å²) in [5.74, 6) is 1.01. The molecule has 0 radical (unpaired) electrons. The monoisotopic (exact) mass is 324 g/mol. The zero-order chi connectivity index (χ0) is 16.9. The lowest BCUT2D eigenvalue weighted by Crippen LogP contribution is -2.23. The first-order valence-corrected chi connectivity index (χ1v) is 8.40. The van der Waals surface area contributed by atoms with Crippen LogP contribution in [-0.4, -0.2) is 38.1 Å². The van der Waals surface area contributed by atoms with Crippen molar-refractivity contribution in [3.05, 3.63) is 59.7 Å². The van der Waals surface area contributed by atoms with E-state index in [9.17, 15) is 4.79 Å². The van der Waals surface area contributed by atoms with Crippen molar-refractivity contribution in [2.24, 2.45) is 0 Å². The number of benzene rings is 2. The first kappa shape index (κ1) is 16.5. The maximum Gasteiger partial charge on any atom is 0.225 e. The Labute approximate surface area is 143 Å². The minimum atomic E-state index is 0.0657. The Kier molecular flexibility index (Phi) is 5.16.